The van der Waals surface area contributed by atoms with Crippen molar-refractivity contribution in [2.45, 2.75) is 38.2 Å². The zero-order chi connectivity index (χ0) is 18.5. The van der Waals surface area contributed by atoms with Crippen LogP contribution in [0.2, 0.25) is 0 Å². The molecule has 1 aliphatic rings. The number of amides is 1. The van der Waals surface area contributed by atoms with Gasteiger partial charge in [-0.1, -0.05) is 36.8 Å². The van der Waals surface area contributed by atoms with Crippen LogP contribution in [0, 0.1) is 0 Å². The third-order valence-electron chi connectivity index (χ3n) is 4.04. The molecule has 3 N–H and O–H groups in total. The van der Waals surface area contributed by atoms with E-state index in [1.807, 2.05) is 30.3 Å². The fraction of sp³-hybridized carbons (Fsp3) is 0.333. The van der Waals surface area contributed by atoms with Crippen LogP contribution in [0.25, 0.3) is 10.4 Å². The van der Waals surface area contributed by atoms with Crippen LogP contribution in [0.15, 0.2) is 40.9 Å². The third-order valence-corrected chi connectivity index (χ3v) is 5.10. The molecule has 0 spiro atoms. The predicted octanol–water partition coefficient (Wildman–Crippen LogP) is 3.30. The molecule has 7 nitrogen and oxygen atoms in total. The first-order valence-corrected chi connectivity index (χ1v) is 9.18. The lowest BCUT2D eigenvalue weighted by molar-refractivity contribution is 0.1000. The number of aliphatic hydroxyl groups excluding tert-OH is 1. The van der Waals surface area contributed by atoms with Gasteiger partial charge >= 0.3 is 0 Å². The Hall–Kier alpha value is -2.58. The number of rotatable bonds is 4. The molecule has 1 aromatic carbocycles. The Morgan fingerprint density at radius 3 is 2.54 bits per heavy atom. The van der Waals surface area contributed by atoms with E-state index in [0.29, 0.717) is 22.7 Å². The van der Waals surface area contributed by atoms with Crippen molar-refractivity contribution in [2.75, 3.05) is 0 Å². The number of nitrogens with zero attached hydrogens (tertiary/aromatic N) is 3. The van der Waals surface area contributed by atoms with Crippen LogP contribution in [-0.2, 0) is 0 Å². The quantitative estimate of drug-likeness (QED) is 0.726. The minimum absolute atomic E-state index is 0.330. The standard InChI is InChI=1S/C10H8N2OS.C8H12N2O2/c11-9(13)10-12-6-8(14-10)7-4-2-1-3-5-7;1-5(11)7-9-10-8(12-7)6-3-2-4-6/h1-6H,(H2,11,13);5-6,11H,2-4H2,1H3. The molecule has 136 valence electrons. The zero-order valence-electron chi connectivity index (χ0n) is 14.3. The number of primary amides is 1. The first-order chi connectivity index (χ1) is 12.5. The highest BCUT2D eigenvalue weighted by Crippen LogP contribution is 2.35. The van der Waals surface area contributed by atoms with Crippen molar-refractivity contribution in [3.8, 4) is 10.4 Å². The van der Waals surface area contributed by atoms with Crippen LogP contribution in [0.5, 0.6) is 0 Å². The summed E-state index contributed by atoms with van der Waals surface area (Å²) >= 11 is 1.31. The van der Waals surface area contributed by atoms with E-state index < -0.39 is 12.0 Å². The number of carbonyl (C=O) groups excluding carboxylic acids is 1. The van der Waals surface area contributed by atoms with Gasteiger partial charge in [-0.25, -0.2) is 4.98 Å². The largest absolute Gasteiger partial charge is 0.422 e. The van der Waals surface area contributed by atoms with E-state index in [4.69, 9.17) is 15.3 Å². The van der Waals surface area contributed by atoms with E-state index in [1.54, 1.807) is 13.1 Å². The summed E-state index contributed by atoms with van der Waals surface area (Å²) in [4.78, 5) is 15.7. The zero-order valence-corrected chi connectivity index (χ0v) is 15.1. The second kappa shape index (κ2) is 8.20. The molecule has 26 heavy (non-hydrogen) atoms. The van der Waals surface area contributed by atoms with E-state index in [9.17, 15) is 4.79 Å². The average molecular weight is 372 g/mol. The van der Waals surface area contributed by atoms with Gasteiger partial charge in [0.1, 0.15) is 6.10 Å². The maximum Gasteiger partial charge on any atom is 0.277 e. The summed E-state index contributed by atoms with van der Waals surface area (Å²) in [6.45, 7) is 1.62. The minimum Gasteiger partial charge on any atom is -0.422 e. The van der Waals surface area contributed by atoms with Crippen molar-refractivity contribution in [1.82, 2.24) is 15.2 Å². The Morgan fingerprint density at radius 2 is 2.04 bits per heavy atom. The Balaban J connectivity index is 0.000000152. The molecule has 0 aliphatic heterocycles. The van der Waals surface area contributed by atoms with Crippen molar-refractivity contribution < 1.29 is 14.3 Å². The molecule has 0 radical (unpaired) electrons. The van der Waals surface area contributed by atoms with Crippen LogP contribution in [-0.4, -0.2) is 26.2 Å². The van der Waals surface area contributed by atoms with Crippen molar-refractivity contribution in [2.24, 2.45) is 5.73 Å². The molecule has 3 aromatic rings. The van der Waals surface area contributed by atoms with Gasteiger partial charge in [0.15, 0.2) is 5.01 Å². The maximum atomic E-state index is 10.8. The molecule has 0 bridgehead atoms. The number of hydrogen-bond acceptors (Lipinski definition) is 7. The van der Waals surface area contributed by atoms with Gasteiger partial charge in [-0.15, -0.1) is 21.5 Å². The maximum absolute atomic E-state index is 10.8. The lowest BCUT2D eigenvalue weighted by atomic mass is 9.85. The second-order valence-corrected chi connectivity index (χ2v) is 7.07. The topological polar surface area (TPSA) is 115 Å². The summed E-state index contributed by atoms with van der Waals surface area (Å²) in [7, 11) is 0. The van der Waals surface area contributed by atoms with Gasteiger partial charge in [0.05, 0.1) is 4.88 Å². The monoisotopic (exact) mass is 372 g/mol. The SMILES string of the molecule is CC(O)c1nnc(C2CCC2)o1.NC(=O)c1ncc(-c2ccccc2)s1. The number of hydrogen-bond donors (Lipinski definition) is 2. The Kier molecular flexibility index (Phi) is 5.75. The van der Waals surface area contributed by atoms with Crippen molar-refractivity contribution >= 4 is 17.2 Å². The number of thiazole rings is 1. The summed E-state index contributed by atoms with van der Waals surface area (Å²) in [5.74, 6) is 0.997. The lowest BCUT2D eigenvalue weighted by Crippen LogP contribution is -2.09. The van der Waals surface area contributed by atoms with E-state index in [0.717, 1.165) is 23.3 Å². The van der Waals surface area contributed by atoms with Crippen LogP contribution in [0.4, 0.5) is 0 Å². The highest BCUT2D eigenvalue weighted by atomic mass is 32.1. The number of carbonyl (C=O) groups is 1. The average Bonchev–Trinajstić information content (AvgIpc) is 3.24. The smallest absolute Gasteiger partial charge is 0.277 e. The second-order valence-electron chi connectivity index (χ2n) is 6.04. The number of nitrogens with two attached hydrogens (primary N) is 1. The molecule has 1 aliphatic carbocycles. The molecule has 1 saturated carbocycles. The lowest BCUT2D eigenvalue weighted by Gasteiger charge is -2.20. The number of aromatic nitrogens is 3. The molecule has 1 atom stereocenters. The van der Waals surface area contributed by atoms with E-state index in [1.165, 1.54) is 17.8 Å². The van der Waals surface area contributed by atoms with Gasteiger partial charge in [0.2, 0.25) is 11.8 Å². The Morgan fingerprint density at radius 1 is 1.31 bits per heavy atom. The molecule has 2 aromatic heterocycles. The summed E-state index contributed by atoms with van der Waals surface area (Å²) in [5.41, 5.74) is 6.17. The van der Waals surface area contributed by atoms with Crippen LogP contribution < -0.4 is 5.73 Å². The molecular weight excluding hydrogens is 352 g/mol. The third kappa shape index (κ3) is 4.33. The predicted molar refractivity (Wildman–Crippen MR) is 97.6 cm³/mol. The first kappa shape index (κ1) is 18.2. The molecule has 1 amide bonds. The van der Waals surface area contributed by atoms with Crippen molar-refractivity contribution in [3.05, 3.63) is 53.3 Å². The molecule has 4 rings (SSSR count). The van der Waals surface area contributed by atoms with Crippen LogP contribution in [0.1, 0.15) is 59.8 Å². The Labute approximate surface area is 154 Å². The fourth-order valence-corrected chi connectivity index (χ4v) is 3.13. The summed E-state index contributed by atoms with van der Waals surface area (Å²) in [5, 5.41) is 17.1. The summed E-state index contributed by atoms with van der Waals surface area (Å²) in [6, 6.07) is 9.77. The molecular formula is C18H20N4O3S. The molecule has 0 saturated heterocycles. The van der Waals surface area contributed by atoms with E-state index in [2.05, 4.69) is 15.2 Å². The highest BCUT2D eigenvalue weighted by molar-refractivity contribution is 7.16. The number of aliphatic hydroxyl groups is 1. The minimum atomic E-state index is -0.647. The van der Waals surface area contributed by atoms with Crippen molar-refractivity contribution in [1.29, 1.82) is 0 Å². The summed E-state index contributed by atoms with van der Waals surface area (Å²) in [6.07, 6.45) is 4.55. The first-order valence-electron chi connectivity index (χ1n) is 8.37. The fourth-order valence-electron chi connectivity index (χ4n) is 2.36. The molecule has 8 heteroatoms. The molecule has 1 unspecified atom stereocenters. The van der Waals surface area contributed by atoms with Crippen molar-refractivity contribution in [3.63, 3.8) is 0 Å². The molecule has 1 fully saturated rings. The van der Waals surface area contributed by atoms with Gasteiger partial charge in [0, 0.05) is 12.1 Å². The van der Waals surface area contributed by atoms with Gasteiger partial charge in [0.25, 0.3) is 5.91 Å². The van der Waals surface area contributed by atoms with Crippen LogP contribution >= 0.6 is 11.3 Å². The molecule has 2 heterocycles. The van der Waals surface area contributed by atoms with Gasteiger partial charge < -0.3 is 15.3 Å². The van der Waals surface area contributed by atoms with E-state index >= 15 is 0 Å². The van der Waals surface area contributed by atoms with E-state index in [-0.39, 0.29) is 0 Å². The Bertz CT molecular complexity index is 856. The van der Waals surface area contributed by atoms with Crippen LogP contribution in [0.3, 0.4) is 0 Å². The van der Waals surface area contributed by atoms with Gasteiger partial charge in [-0.2, -0.15) is 0 Å². The normalized spacial score (nSPS) is 14.8. The van der Waals surface area contributed by atoms with Gasteiger partial charge in [-0.05, 0) is 25.3 Å². The highest BCUT2D eigenvalue weighted by Gasteiger charge is 2.25. The van der Waals surface area contributed by atoms with Gasteiger partial charge in [-0.3, -0.25) is 4.79 Å². The summed E-state index contributed by atoms with van der Waals surface area (Å²) < 4.78 is 5.28. The number of benzene rings is 1.